The SMILES string of the molecule is COC(=O)c1nn2c(c1C(=O)OC)CC1c3nc(c(-c4ccc(C)cc4)c4ccc([nH]4)c(-c4ccc(C)cc4)c4nc(c(-c5ccc(C)cc5)c5ccc([nH]5)c3-c3ccc(C)cc3)C=C4)C1C2. The molecule has 11 rings (SSSR count). The van der Waals surface area contributed by atoms with Crippen LogP contribution in [0.4, 0.5) is 0 Å². The molecule has 2 unspecified atom stereocenters. The van der Waals surface area contributed by atoms with Crippen molar-refractivity contribution in [1.82, 2.24) is 29.7 Å². The standard InChI is InChI=1S/C57H48N6O4/c1-31-7-15-35(16-8-31)48-41-23-24-42(58-41)49(36-17-9-32(2)10-18-36)44-26-28-46(60-44)51(38-21-13-34(4)14-22-38)54-40-30-63-47(52(56(64)66-5)55(62-63)57(65)67-6)29-39(40)53(61-54)50(45-27-25-43(48)59-45)37-19-11-33(3)12-20-37/h7-28,39-40,59-60H,29-30H2,1-6H3. The summed E-state index contributed by atoms with van der Waals surface area (Å²) in [7, 11) is 2.61. The van der Waals surface area contributed by atoms with Crippen molar-refractivity contribution in [1.29, 1.82) is 0 Å². The van der Waals surface area contributed by atoms with Gasteiger partial charge >= 0.3 is 11.9 Å². The summed E-state index contributed by atoms with van der Waals surface area (Å²) in [5, 5.41) is 4.78. The molecule has 3 aliphatic heterocycles. The number of nitrogens with one attached hydrogen (secondary N) is 2. The summed E-state index contributed by atoms with van der Waals surface area (Å²) in [6.45, 7) is 8.72. The lowest BCUT2D eigenvalue weighted by atomic mass is 9.79. The molecule has 8 aromatic rings. The van der Waals surface area contributed by atoms with E-state index in [1.54, 1.807) is 4.68 Å². The van der Waals surface area contributed by atoms with Crippen molar-refractivity contribution >= 4 is 46.2 Å². The Morgan fingerprint density at radius 3 is 1.31 bits per heavy atom. The second kappa shape index (κ2) is 16.4. The molecule has 0 saturated heterocycles. The Bertz CT molecular complexity index is 3500. The van der Waals surface area contributed by atoms with Gasteiger partial charge in [-0.25, -0.2) is 14.6 Å². The maximum Gasteiger partial charge on any atom is 0.359 e. The minimum Gasteiger partial charge on any atom is -0.465 e. The minimum absolute atomic E-state index is 0.0608. The molecule has 10 heteroatoms. The van der Waals surface area contributed by atoms with Crippen molar-refractivity contribution in [2.45, 2.75) is 52.5 Å². The zero-order valence-corrected chi connectivity index (χ0v) is 38.2. The fourth-order valence-electron chi connectivity index (χ4n) is 10.1. The minimum atomic E-state index is -0.698. The van der Waals surface area contributed by atoms with Crippen molar-refractivity contribution in [3.8, 4) is 44.5 Å². The van der Waals surface area contributed by atoms with Gasteiger partial charge in [-0.05, 0) is 92.8 Å². The van der Waals surface area contributed by atoms with E-state index in [-0.39, 0.29) is 23.1 Å². The number of rotatable bonds is 6. The Morgan fingerprint density at radius 1 is 0.507 bits per heavy atom. The number of hydrogen-bond acceptors (Lipinski definition) is 7. The number of methoxy groups -OCH3 is 2. The van der Waals surface area contributed by atoms with Crippen LogP contribution in [0.3, 0.4) is 0 Å². The number of carbonyl (C=O) groups excluding carboxylic acids is 2. The van der Waals surface area contributed by atoms with Crippen molar-refractivity contribution in [2.24, 2.45) is 0 Å². The van der Waals surface area contributed by atoms with Crippen LogP contribution in [0.2, 0.25) is 0 Å². The lowest BCUT2D eigenvalue weighted by Gasteiger charge is -2.28. The van der Waals surface area contributed by atoms with Crippen LogP contribution < -0.4 is 0 Å². The van der Waals surface area contributed by atoms with Crippen molar-refractivity contribution in [3.63, 3.8) is 0 Å². The van der Waals surface area contributed by atoms with Crippen molar-refractivity contribution in [2.75, 3.05) is 14.2 Å². The first-order valence-electron chi connectivity index (χ1n) is 22.6. The maximum atomic E-state index is 13.6. The number of H-pyrrole nitrogens is 2. The first-order chi connectivity index (χ1) is 32.6. The number of esters is 2. The van der Waals surface area contributed by atoms with Gasteiger partial charge in [-0.15, -0.1) is 0 Å². The third-order valence-electron chi connectivity index (χ3n) is 13.5. The van der Waals surface area contributed by atoms with Crippen LogP contribution in [0.1, 0.15) is 83.4 Å². The van der Waals surface area contributed by atoms with Crippen molar-refractivity contribution < 1.29 is 19.1 Å². The number of aromatic nitrogens is 6. The lowest BCUT2D eigenvalue weighted by Crippen LogP contribution is -2.26. The van der Waals surface area contributed by atoms with Crippen LogP contribution in [0.5, 0.6) is 0 Å². The third-order valence-corrected chi connectivity index (χ3v) is 13.5. The topological polar surface area (TPSA) is 128 Å². The smallest absolute Gasteiger partial charge is 0.359 e. The van der Waals surface area contributed by atoms with Gasteiger partial charge in [0, 0.05) is 56.2 Å². The summed E-state index contributed by atoms with van der Waals surface area (Å²) < 4.78 is 12.3. The Balaban J connectivity index is 1.33. The summed E-state index contributed by atoms with van der Waals surface area (Å²) in [6.07, 6.45) is 4.60. The normalized spacial score (nSPS) is 15.0. The second-order valence-electron chi connectivity index (χ2n) is 17.9. The summed E-state index contributed by atoms with van der Waals surface area (Å²) in [6, 6.07) is 42.9. The molecule has 0 spiro atoms. The van der Waals surface area contributed by atoms with E-state index in [4.69, 9.17) is 24.5 Å². The van der Waals surface area contributed by atoms with E-state index in [1.165, 1.54) is 25.3 Å². The Kier molecular flexibility index (Phi) is 10.2. The molecule has 0 aliphatic carbocycles. The highest BCUT2D eigenvalue weighted by Crippen LogP contribution is 2.51. The number of benzene rings is 4. The molecule has 7 heterocycles. The van der Waals surface area contributed by atoms with Gasteiger partial charge in [-0.3, -0.25) is 9.67 Å². The number of aromatic amines is 2. The number of carbonyl (C=O) groups is 2. The van der Waals surface area contributed by atoms with Crippen molar-refractivity contribution in [3.05, 3.63) is 183 Å². The predicted molar refractivity (Wildman–Crippen MR) is 265 cm³/mol. The molecule has 8 bridgehead atoms. The molecule has 2 atom stereocenters. The van der Waals surface area contributed by atoms with Gasteiger partial charge < -0.3 is 19.4 Å². The zero-order chi connectivity index (χ0) is 46.1. The first kappa shape index (κ1) is 41.6. The van der Waals surface area contributed by atoms with Gasteiger partial charge in [0.25, 0.3) is 0 Å². The number of hydrogen-bond donors (Lipinski definition) is 2. The summed E-state index contributed by atoms with van der Waals surface area (Å²) in [5.74, 6) is -1.83. The van der Waals surface area contributed by atoms with Gasteiger partial charge in [0.2, 0.25) is 0 Å². The summed E-state index contributed by atoms with van der Waals surface area (Å²) in [5.41, 5.74) is 20.2. The fraction of sp³-hybridized carbons (Fsp3) is 0.175. The van der Waals surface area contributed by atoms with Crippen LogP contribution in [-0.4, -0.2) is 55.9 Å². The van der Waals surface area contributed by atoms with E-state index >= 15 is 0 Å². The highest BCUT2D eigenvalue weighted by Gasteiger charge is 2.44. The van der Waals surface area contributed by atoms with Crippen LogP contribution >= 0.6 is 0 Å². The Morgan fingerprint density at radius 2 is 0.896 bits per heavy atom. The number of aryl methyl sites for hydroxylation is 4. The van der Waals surface area contributed by atoms with E-state index < -0.39 is 11.9 Å². The third kappa shape index (κ3) is 7.16. The summed E-state index contributed by atoms with van der Waals surface area (Å²) in [4.78, 5) is 46.1. The number of nitrogens with zero attached hydrogens (tertiary/aromatic N) is 4. The molecule has 2 N–H and O–H groups in total. The molecule has 0 radical (unpaired) electrons. The van der Waals surface area contributed by atoms with Crippen LogP contribution in [0.25, 0.3) is 78.7 Å². The highest BCUT2D eigenvalue weighted by atomic mass is 16.5. The monoisotopic (exact) mass is 880 g/mol. The molecule has 10 nitrogen and oxygen atoms in total. The molecule has 0 fully saturated rings. The predicted octanol–water partition coefficient (Wildman–Crippen LogP) is 12.3. The molecule has 330 valence electrons. The molecule has 4 aromatic carbocycles. The molecular weight excluding hydrogens is 833 g/mol. The van der Waals surface area contributed by atoms with Crippen LogP contribution in [0.15, 0.2) is 121 Å². The first-order valence-corrected chi connectivity index (χ1v) is 22.6. The van der Waals surface area contributed by atoms with E-state index in [2.05, 4.69) is 171 Å². The van der Waals surface area contributed by atoms with Gasteiger partial charge in [0.1, 0.15) is 5.56 Å². The largest absolute Gasteiger partial charge is 0.465 e. The Hall–Kier alpha value is -8.11. The van der Waals surface area contributed by atoms with E-state index in [9.17, 15) is 9.59 Å². The van der Waals surface area contributed by atoms with Gasteiger partial charge in [0.05, 0.1) is 49.2 Å². The average molecular weight is 881 g/mol. The molecule has 4 aromatic heterocycles. The molecule has 67 heavy (non-hydrogen) atoms. The number of fused-ring (bicyclic) bond motifs is 12. The van der Waals surface area contributed by atoms with Gasteiger partial charge in [-0.1, -0.05) is 119 Å². The molecular formula is C57H48N6O4. The van der Waals surface area contributed by atoms with E-state index in [0.717, 1.165) is 100 Å². The molecule has 3 aliphatic rings. The quantitative estimate of drug-likeness (QED) is 0.159. The second-order valence-corrected chi connectivity index (χ2v) is 17.9. The zero-order valence-electron chi connectivity index (χ0n) is 38.2. The Labute approximate surface area is 388 Å². The molecule has 0 amide bonds. The summed E-state index contributed by atoms with van der Waals surface area (Å²) >= 11 is 0. The lowest BCUT2D eigenvalue weighted by molar-refractivity contribution is 0.0551. The number of ether oxygens (including phenoxy) is 2. The molecule has 0 saturated carbocycles. The van der Waals surface area contributed by atoms with Gasteiger partial charge in [0.15, 0.2) is 5.69 Å². The fourth-order valence-corrected chi connectivity index (χ4v) is 10.1. The van der Waals surface area contributed by atoms with E-state index in [0.29, 0.717) is 18.7 Å². The van der Waals surface area contributed by atoms with Crippen LogP contribution in [0, 0.1) is 27.7 Å². The highest BCUT2D eigenvalue weighted by molar-refractivity contribution is 6.03. The van der Waals surface area contributed by atoms with Gasteiger partial charge in [-0.2, -0.15) is 5.10 Å². The van der Waals surface area contributed by atoms with E-state index in [1.807, 2.05) is 0 Å². The average Bonchev–Trinajstić information content (AvgIpc) is 4.21. The maximum absolute atomic E-state index is 13.6. The van der Waals surface area contributed by atoms with Crippen LogP contribution in [-0.2, 0) is 22.4 Å².